The Bertz CT molecular complexity index is 550. The van der Waals surface area contributed by atoms with E-state index < -0.39 is 0 Å². The molecule has 1 atom stereocenters. The lowest BCUT2D eigenvalue weighted by Crippen LogP contribution is -2.38. The summed E-state index contributed by atoms with van der Waals surface area (Å²) in [4.78, 5) is 12.2. The Morgan fingerprint density at radius 3 is 3.16 bits per heavy atom. The number of nitrogens with zero attached hydrogens (tertiary/aromatic N) is 2. The number of hydrogen-bond acceptors (Lipinski definition) is 3. The van der Waals surface area contributed by atoms with Gasteiger partial charge < -0.3 is 10.1 Å². The van der Waals surface area contributed by atoms with Crippen LogP contribution in [0.25, 0.3) is 5.52 Å². The molecular formula is C13H16BrN3O2. The summed E-state index contributed by atoms with van der Waals surface area (Å²) in [5.41, 5.74) is 1.38. The molecule has 0 saturated carbocycles. The van der Waals surface area contributed by atoms with Gasteiger partial charge in [-0.3, -0.25) is 4.79 Å². The van der Waals surface area contributed by atoms with E-state index in [2.05, 4.69) is 26.3 Å². The van der Waals surface area contributed by atoms with Crippen molar-refractivity contribution >= 4 is 27.4 Å². The van der Waals surface area contributed by atoms with E-state index in [-0.39, 0.29) is 11.9 Å². The number of nitrogens with one attached hydrogen (secondary N) is 1. The molecule has 1 N–H and O–H groups in total. The van der Waals surface area contributed by atoms with Crippen molar-refractivity contribution in [1.82, 2.24) is 14.9 Å². The predicted octanol–water partition coefficient (Wildman–Crippen LogP) is 1.86. The molecule has 0 aliphatic heterocycles. The van der Waals surface area contributed by atoms with Crippen LogP contribution in [0, 0.1) is 0 Å². The van der Waals surface area contributed by atoms with Gasteiger partial charge in [-0.15, -0.1) is 0 Å². The van der Waals surface area contributed by atoms with Gasteiger partial charge in [-0.2, -0.15) is 5.10 Å². The molecule has 2 aromatic rings. The van der Waals surface area contributed by atoms with Crippen LogP contribution in [0.15, 0.2) is 30.6 Å². The maximum absolute atomic E-state index is 12.2. The van der Waals surface area contributed by atoms with E-state index in [1.807, 2.05) is 24.4 Å². The average Bonchev–Trinajstić information content (AvgIpc) is 2.83. The van der Waals surface area contributed by atoms with Crippen LogP contribution in [-0.4, -0.2) is 40.6 Å². The molecule has 2 heterocycles. The van der Waals surface area contributed by atoms with Crippen LogP contribution in [0.1, 0.15) is 16.8 Å². The lowest BCUT2D eigenvalue weighted by Gasteiger charge is -2.16. The fraction of sp³-hybridized carbons (Fsp3) is 0.385. The molecule has 2 aromatic heterocycles. The van der Waals surface area contributed by atoms with Crippen LogP contribution in [0.5, 0.6) is 0 Å². The number of fused-ring (bicyclic) bond motifs is 1. The first-order valence-corrected chi connectivity index (χ1v) is 7.16. The third-order valence-electron chi connectivity index (χ3n) is 2.83. The highest BCUT2D eigenvalue weighted by atomic mass is 79.9. The maximum Gasteiger partial charge on any atom is 0.255 e. The molecule has 6 heteroatoms. The summed E-state index contributed by atoms with van der Waals surface area (Å²) in [5.74, 6) is -0.121. The predicted molar refractivity (Wildman–Crippen MR) is 76.7 cm³/mol. The first kappa shape index (κ1) is 14.0. The normalized spacial score (nSPS) is 12.5. The fourth-order valence-electron chi connectivity index (χ4n) is 1.90. The topological polar surface area (TPSA) is 55.6 Å². The highest BCUT2D eigenvalue weighted by molar-refractivity contribution is 9.09. The molecule has 0 bridgehead atoms. The summed E-state index contributed by atoms with van der Waals surface area (Å²) in [6.45, 7) is 0.497. The van der Waals surface area contributed by atoms with Crippen molar-refractivity contribution in [3.05, 3.63) is 36.2 Å². The summed E-state index contributed by atoms with van der Waals surface area (Å²) in [5, 5.41) is 7.94. The second-order valence-corrected chi connectivity index (χ2v) is 4.99. The third kappa shape index (κ3) is 3.33. The molecule has 0 saturated heterocycles. The maximum atomic E-state index is 12.2. The molecule has 0 aromatic carbocycles. The van der Waals surface area contributed by atoms with Gasteiger partial charge in [-0.05, 0) is 18.6 Å². The molecule has 1 unspecified atom stereocenters. The van der Waals surface area contributed by atoms with Gasteiger partial charge in [0.1, 0.15) is 0 Å². The van der Waals surface area contributed by atoms with Crippen LogP contribution < -0.4 is 5.32 Å². The van der Waals surface area contributed by atoms with E-state index in [0.29, 0.717) is 12.2 Å². The second-order valence-electron chi connectivity index (χ2n) is 4.19. The van der Waals surface area contributed by atoms with Crippen LogP contribution >= 0.6 is 15.9 Å². The van der Waals surface area contributed by atoms with Crippen molar-refractivity contribution in [2.45, 2.75) is 12.5 Å². The van der Waals surface area contributed by atoms with Gasteiger partial charge in [0, 0.05) is 18.6 Å². The van der Waals surface area contributed by atoms with Gasteiger partial charge in [0.25, 0.3) is 5.91 Å². The Hall–Kier alpha value is -1.40. The van der Waals surface area contributed by atoms with Crippen molar-refractivity contribution in [2.24, 2.45) is 0 Å². The van der Waals surface area contributed by atoms with Crippen molar-refractivity contribution in [2.75, 3.05) is 19.0 Å². The highest BCUT2D eigenvalue weighted by Gasteiger charge is 2.16. The average molecular weight is 326 g/mol. The van der Waals surface area contributed by atoms with Gasteiger partial charge in [0.15, 0.2) is 0 Å². The summed E-state index contributed by atoms with van der Waals surface area (Å²) in [6.07, 6.45) is 4.22. The number of halogens is 1. The van der Waals surface area contributed by atoms with Crippen LogP contribution in [0.2, 0.25) is 0 Å². The largest absolute Gasteiger partial charge is 0.383 e. The van der Waals surface area contributed by atoms with E-state index in [1.165, 1.54) is 0 Å². The number of hydrogen-bond donors (Lipinski definition) is 1. The Labute approximate surface area is 120 Å². The molecular weight excluding hydrogens is 310 g/mol. The minimum atomic E-state index is -0.121. The number of carbonyl (C=O) groups excluding carboxylic acids is 1. The zero-order valence-electron chi connectivity index (χ0n) is 10.7. The molecule has 1 amide bonds. The number of ether oxygens (including phenoxy) is 1. The zero-order valence-corrected chi connectivity index (χ0v) is 12.3. The minimum Gasteiger partial charge on any atom is -0.383 e. The lowest BCUT2D eigenvalue weighted by molar-refractivity contribution is 0.0897. The Balaban J connectivity index is 2.14. The zero-order chi connectivity index (χ0) is 13.7. The molecule has 0 aliphatic rings. The standard InChI is InChI=1S/C13H16BrN3O2/c1-19-9-10(5-6-14)16-13(18)11-8-15-17-7-3-2-4-12(11)17/h2-4,7-8,10H,5-6,9H2,1H3,(H,16,18). The van der Waals surface area contributed by atoms with E-state index in [0.717, 1.165) is 17.3 Å². The molecule has 2 rings (SSSR count). The number of rotatable bonds is 6. The highest BCUT2D eigenvalue weighted by Crippen LogP contribution is 2.10. The van der Waals surface area contributed by atoms with Gasteiger partial charge >= 0.3 is 0 Å². The first-order valence-electron chi connectivity index (χ1n) is 6.04. The summed E-state index contributed by atoms with van der Waals surface area (Å²) in [6, 6.07) is 5.63. The number of carbonyl (C=O) groups is 1. The lowest BCUT2D eigenvalue weighted by atomic mass is 10.2. The van der Waals surface area contributed by atoms with E-state index in [9.17, 15) is 4.79 Å². The van der Waals surface area contributed by atoms with Crippen molar-refractivity contribution < 1.29 is 9.53 Å². The summed E-state index contributed by atoms with van der Waals surface area (Å²) >= 11 is 3.38. The third-order valence-corrected chi connectivity index (χ3v) is 3.29. The monoisotopic (exact) mass is 325 g/mol. The van der Waals surface area contributed by atoms with Crippen LogP contribution in [0.3, 0.4) is 0 Å². The van der Waals surface area contributed by atoms with Gasteiger partial charge in [-0.25, -0.2) is 4.52 Å². The second kappa shape index (κ2) is 6.68. The summed E-state index contributed by atoms with van der Waals surface area (Å²) in [7, 11) is 1.63. The number of alkyl halides is 1. The number of aromatic nitrogens is 2. The van der Waals surface area contributed by atoms with Crippen LogP contribution in [0.4, 0.5) is 0 Å². The summed E-state index contributed by atoms with van der Waals surface area (Å²) < 4.78 is 6.79. The SMILES string of the molecule is COCC(CCBr)NC(=O)c1cnn2ccccc12. The Kier molecular flexibility index (Phi) is 4.93. The Morgan fingerprint density at radius 2 is 2.42 bits per heavy atom. The van der Waals surface area contributed by atoms with Gasteiger partial charge in [0.2, 0.25) is 0 Å². The smallest absolute Gasteiger partial charge is 0.255 e. The molecule has 5 nitrogen and oxygen atoms in total. The van der Waals surface area contributed by atoms with Gasteiger partial charge in [-0.1, -0.05) is 22.0 Å². The Morgan fingerprint density at radius 1 is 1.58 bits per heavy atom. The number of amides is 1. The van der Waals surface area contributed by atoms with E-state index >= 15 is 0 Å². The number of methoxy groups -OCH3 is 1. The molecule has 0 fully saturated rings. The number of pyridine rings is 1. The molecule has 0 spiro atoms. The van der Waals surface area contributed by atoms with Crippen molar-refractivity contribution in [3.8, 4) is 0 Å². The van der Waals surface area contributed by atoms with Crippen LogP contribution in [-0.2, 0) is 4.74 Å². The van der Waals surface area contributed by atoms with Gasteiger partial charge in [0.05, 0.1) is 29.9 Å². The van der Waals surface area contributed by atoms with Crippen molar-refractivity contribution in [1.29, 1.82) is 0 Å². The molecule has 102 valence electrons. The van der Waals surface area contributed by atoms with E-state index in [1.54, 1.807) is 17.8 Å². The minimum absolute atomic E-state index is 0.00413. The molecule has 0 aliphatic carbocycles. The fourth-order valence-corrected chi connectivity index (χ4v) is 2.46. The molecule has 0 radical (unpaired) electrons. The molecule has 19 heavy (non-hydrogen) atoms. The van der Waals surface area contributed by atoms with E-state index in [4.69, 9.17) is 4.74 Å². The van der Waals surface area contributed by atoms with Crippen molar-refractivity contribution in [3.63, 3.8) is 0 Å². The first-order chi connectivity index (χ1) is 9.26. The quantitative estimate of drug-likeness (QED) is 0.825.